The lowest BCUT2D eigenvalue weighted by molar-refractivity contribution is -0.149. The third kappa shape index (κ3) is 4.40. The zero-order chi connectivity index (χ0) is 10.3. The summed E-state index contributed by atoms with van der Waals surface area (Å²) < 4.78 is 16.4. The smallest absolute Gasteiger partial charge is 0.165 e. The van der Waals surface area contributed by atoms with E-state index < -0.39 is 0 Å². The van der Waals surface area contributed by atoms with E-state index in [-0.39, 0.29) is 5.79 Å². The molecule has 1 aliphatic rings. The van der Waals surface area contributed by atoms with Gasteiger partial charge >= 0.3 is 0 Å². The molecule has 1 saturated heterocycles. The average molecular weight is 202 g/mol. The molecule has 0 atom stereocenters. The minimum atomic E-state index is -0.339. The van der Waals surface area contributed by atoms with Crippen LogP contribution in [0.25, 0.3) is 0 Å². The molecule has 0 radical (unpaired) electrons. The minimum Gasteiger partial charge on any atom is -0.381 e. The van der Waals surface area contributed by atoms with Gasteiger partial charge in [0.05, 0.1) is 13.2 Å². The Bertz CT molecular complexity index is 141. The molecule has 0 aromatic rings. The second-order valence-electron chi connectivity index (χ2n) is 3.90. The van der Waals surface area contributed by atoms with Crippen LogP contribution in [0.4, 0.5) is 0 Å². The van der Waals surface area contributed by atoms with E-state index in [2.05, 4.69) is 6.92 Å². The molecule has 0 spiro atoms. The van der Waals surface area contributed by atoms with Gasteiger partial charge in [0.25, 0.3) is 0 Å². The Kier molecular flexibility index (Phi) is 5.45. The van der Waals surface area contributed by atoms with Crippen LogP contribution < -0.4 is 0 Å². The van der Waals surface area contributed by atoms with Crippen molar-refractivity contribution in [3.8, 4) is 0 Å². The molecule has 0 aliphatic carbocycles. The molecule has 0 saturated carbocycles. The molecule has 1 aliphatic heterocycles. The monoisotopic (exact) mass is 202 g/mol. The van der Waals surface area contributed by atoms with Crippen molar-refractivity contribution < 1.29 is 14.2 Å². The Morgan fingerprint density at radius 3 is 2.43 bits per heavy atom. The van der Waals surface area contributed by atoms with Gasteiger partial charge in [0, 0.05) is 19.6 Å². The molecule has 0 N–H and O–H groups in total. The Hall–Kier alpha value is -0.120. The molecule has 0 aromatic heterocycles. The molecule has 14 heavy (non-hydrogen) atoms. The van der Waals surface area contributed by atoms with Gasteiger partial charge in [0.2, 0.25) is 0 Å². The van der Waals surface area contributed by atoms with E-state index >= 15 is 0 Å². The third-order valence-corrected chi connectivity index (χ3v) is 2.46. The fourth-order valence-electron chi connectivity index (χ4n) is 1.54. The van der Waals surface area contributed by atoms with Crippen LogP contribution in [0.15, 0.2) is 0 Å². The fraction of sp³-hybridized carbons (Fsp3) is 1.00. The SMILES string of the molecule is CCCCOCCCC1(C)OCCO1. The molecule has 0 bridgehead atoms. The maximum absolute atomic E-state index is 5.49. The van der Waals surface area contributed by atoms with Gasteiger partial charge in [0.1, 0.15) is 0 Å². The van der Waals surface area contributed by atoms with Crippen molar-refractivity contribution >= 4 is 0 Å². The summed E-state index contributed by atoms with van der Waals surface area (Å²) in [5.74, 6) is -0.339. The van der Waals surface area contributed by atoms with Crippen LogP contribution in [0.5, 0.6) is 0 Å². The van der Waals surface area contributed by atoms with Crippen molar-refractivity contribution in [3.05, 3.63) is 0 Å². The Balaban J connectivity index is 1.92. The maximum Gasteiger partial charge on any atom is 0.165 e. The second kappa shape index (κ2) is 6.38. The summed E-state index contributed by atoms with van der Waals surface area (Å²) in [4.78, 5) is 0. The van der Waals surface area contributed by atoms with Gasteiger partial charge in [-0.3, -0.25) is 0 Å². The van der Waals surface area contributed by atoms with E-state index in [1.54, 1.807) is 0 Å². The number of rotatable bonds is 7. The summed E-state index contributed by atoms with van der Waals surface area (Å²) in [6.45, 7) is 7.34. The van der Waals surface area contributed by atoms with Gasteiger partial charge in [0.15, 0.2) is 5.79 Å². The minimum absolute atomic E-state index is 0.339. The van der Waals surface area contributed by atoms with Crippen molar-refractivity contribution in [2.24, 2.45) is 0 Å². The summed E-state index contributed by atoms with van der Waals surface area (Å²) in [5, 5.41) is 0. The van der Waals surface area contributed by atoms with E-state index in [1.165, 1.54) is 6.42 Å². The summed E-state index contributed by atoms with van der Waals surface area (Å²) in [6, 6.07) is 0. The van der Waals surface area contributed by atoms with E-state index in [1.807, 2.05) is 6.92 Å². The van der Waals surface area contributed by atoms with Gasteiger partial charge in [-0.2, -0.15) is 0 Å². The zero-order valence-corrected chi connectivity index (χ0v) is 9.38. The lowest BCUT2D eigenvalue weighted by Gasteiger charge is -2.21. The number of unbranched alkanes of at least 4 members (excludes halogenated alkanes) is 1. The molecule has 0 amide bonds. The second-order valence-corrected chi connectivity index (χ2v) is 3.90. The van der Waals surface area contributed by atoms with Crippen LogP contribution in [-0.4, -0.2) is 32.2 Å². The topological polar surface area (TPSA) is 27.7 Å². The Morgan fingerprint density at radius 2 is 1.79 bits per heavy atom. The first-order valence-corrected chi connectivity index (χ1v) is 5.62. The van der Waals surface area contributed by atoms with Crippen molar-refractivity contribution in [1.82, 2.24) is 0 Å². The van der Waals surface area contributed by atoms with E-state index in [9.17, 15) is 0 Å². The number of hydrogen-bond donors (Lipinski definition) is 0. The molecule has 3 nitrogen and oxygen atoms in total. The van der Waals surface area contributed by atoms with Crippen LogP contribution in [0.1, 0.15) is 39.5 Å². The first-order chi connectivity index (χ1) is 6.77. The first-order valence-electron chi connectivity index (χ1n) is 5.62. The lowest BCUT2D eigenvalue weighted by Crippen LogP contribution is -2.25. The Morgan fingerprint density at radius 1 is 1.14 bits per heavy atom. The molecule has 0 unspecified atom stereocenters. The molecular weight excluding hydrogens is 180 g/mol. The molecule has 1 rings (SSSR count). The molecular formula is C11H22O3. The zero-order valence-electron chi connectivity index (χ0n) is 9.38. The predicted octanol–water partition coefficient (Wildman–Crippen LogP) is 2.35. The Labute approximate surface area is 86.7 Å². The molecule has 84 valence electrons. The van der Waals surface area contributed by atoms with Crippen molar-refractivity contribution in [2.45, 2.75) is 45.3 Å². The summed E-state index contributed by atoms with van der Waals surface area (Å²) in [6.07, 6.45) is 4.30. The number of ether oxygens (including phenoxy) is 3. The van der Waals surface area contributed by atoms with Gasteiger partial charge in [-0.25, -0.2) is 0 Å². The highest BCUT2D eigenvalue weighted by Crippen LogP contribution is 2.23. The predicted molar refractivity (Wildman–Crippen MR) is 55.3 cm³/mol. The summed E-state index contributed by atoms with van der Waals surface area (Å²) in [5.41, 5.74) is 0. The van der Waals surface area contributed by atoms with Crippen LogP contribution in [-0.2, 0) is 14.2 Å². The van der Waals surface area contributed by atoms with E-state index in [0.717, 1.165) is 45.7 Å². The van der Waals surface area contributed by atoms with Crippen LogP contribution >= 0.6 is 0 Å². The molecule has 0 aromatic carbocycles. The highest BCUT2D eigenvalue weighted by molar-refractivity contribution is 4.67. The van der Waals surface area contributed by atoms with Crippen LogP contribution in [0, 0.1) is 0 Å². The highest BCUT2D eigenvalue weighted by Gasteiger charge is 2.29. The van der Waals surface area contributed by atoms with E-state index in [0.29, 0.717) is 0 Å². The normalized spacial score (nSPS) is 20.1. The fourth-order valence-corrected chi connectivity index (χ4v) is 1.54. The molecule has 1 heterocycles. The lowest BCUT2D eigenvalue weighted by atomic mass is 10.2. The number of hydrogen-bond acceptors (Lipinski definition) is 3. The van der Waals surface area contributed by atoms with Gasteiger partial charge in [-0.05, 0) is 19.8 Å². The third-order valence-electron chi connectivity index (χ3n) is 2.46. The summed E-state index contributed by atoms with van der Waals surface area (Å²) >= 11 is 0. The summed E-state index contributed by atoms with van der Waals surface area (Å²) in [7, 11) is 0. The van der Waals surface area contributed by atoms with Gasteiger partial charge < -0.3 is 14.2 Å². The maximum atomic E-state index is 5.49. The van der Waals surface area contributed by atoms with E-state index in [4.69, 9.17) is 14.2 Å². The highest BCUT2D eigenvalue weighted by atomic mass is 16.7. The standard InChI is InChI=1S/C11H22O3/c1-3-4-7-12-8-5-6-11(2)13-9-10-14-11/h3-10H2,1-2H3. The van der Waals surface area contributed by atoms with Crippen LogP contribution in [0.2, 0.25) is 0 Å². The van der Waals surface area contributed by atoms with Crippen molar-refractivity contribution in [1.29, 1.82) is 0 Å². The molecule has 1 fully saturated rings. The molecule has 3 heteroatoms. The van der Waals surface area contributed by atoms with Crippen LogP contribution in [0.3, 0.4) is 0 Å². The van der Waals surface area contributed by atoms with Gasteiger partial charge in [-0.1, -0.05) is 13.3 Å². The average Bonchev–Trinajstić information content (AvgIpc) is 2.59. The largest absolute Gasteiger partial charge is 0.381 e. The van der Waals surface area contributed by atoms with Gasteiger partial charge in [-0.15, -0.1) is 0 Å². The first kappa shape index (κ1) is 12.0. The van der Waals surface area contributed by atoms with Crippen molar-refractivity contribution in [3.63, 3.8) is 0 Å². The van der Waals surface area contributed by atoms with Crippen molar-refractivity contribution in [2.75, 3.05) is 26.4 Å². The quantitative estimate of drug-likeness (QED) is 0.593.